The molecule has 8 heteroatoms. The van der Waals surface area contributed by atoms with Crippen LogP contribution in [0.4, 0.5) is 15.3 Å². The molecule has 1 aliphatic heterocycles. The number of benzene rings is 2. The van der Waals surface area contributed by atoms with Crippen molar-refractivity contribution >= 4 is 17.9 Å². The Kier molecular flexibility index (Phi) is 7.45. The van der Waals surface area contributed by atoms with Gasteiger partial charge in [0.15, 0.2) is 11.5 Å². The van der Waals surface area contributed by atoms with E-state index in [-0.39, 0.29) is 18.7 Å². The van der Waals surface area contributed by atoms with Gasteiger partial charge in [0.25, 0.3) is 0 Å². The summed E-state index contributed by atoms with van der Waals surface area (Å²) in [6, 6.07) is 12.7. The quantitative estimate of drug-likeness (QED) is 0.641. The van der Waals surface area contributed by atoms with Crippen LogP contribution in [0.3, 0.4) is 0 Å². The topological polar surface area (TPSA) is 77.5 Å². The lowest BCUT2D eigenvalue weighted by Crippen LogP contribution is -2.47. The second-order valence-corrected chi connectivity index (χ2v) is 7.52. The zero-order valence-corrected chi connectivity index (χ0v) is 19.2. The molecule has 3 rings (SSSR count). The maximum absolute atomic E-state index is 13.1. The second-order valence-electron chi connectivity index (χ2n) is 7.52. The Morgan fingerprint density at radius 1 is 1.06 bits per heavy atom. The second kappa shape index (κ2) is 10.3. The molecule has 1 heterocycles. The Balaban J connectivity index is 2.14. The Morgan fingerprint density at radius 3 is 2.31 bits per heavy atom. The molecule has 2 aromatic carbocycles. The van der Waals surface area contributed by atoms with Crippen LogP contribution in [0.25, 0.3) is 0 Å². The lowest BCUT2D eigenvalue weighted by Gasteiger charge is -2.42. The van der Waals surface area contributed by atoms with Crippen molar-refractivity contribution < 1.29 is 28.5 Å². The fraction of sp³-hybridized carbons (Fsp3) is 0.417. The zero-order chi connectivity index (χ0) is 23.3. The summed E-state index contributed by atoms with van der Waals surface area (Å²) in [5.74, 6) is 0.998. The first kappa shape index (κ1) is 23.2. The van der Waals surface area contributed by atoms with Crippen LogP contribution in [0, 0.1) is 0 Å². The average Bonchev–Trinajstić information content (AvgIpc) is 2.81. The molecule has 172 valence electrons. The van der Waals surface area contributed by atoms with Gasteiger partial charge in [0, 0.05) is 24.2 Å². The largest absolute Gasteiger partial charge is 0.493 e. The van der Waals surface area contributed by atoms with Gasteiger partial charge in [-0.1, -0.05) is 30.3 Å². The summed E-state index contributed by atoms with van der Waals surface area (Å²) in [6.45, 7) is 4.33. The lowest BCUT2D eigenvalue weighted by molar-refractivity contribution is 0.0811. The minimum Gasteiger partial charge on any atom is -0.493 e. The third kappa shape index (κ3) is 4.59. The molecule has 0 saturated carbocycles. The number of nitrogens with zero attached hydrogens (tertiary/aromatic N) is 2. The summed E-state index contributed by atoms with van der Waals surface area (Å²) < 4.78 is 21.4. The number of amides is 2. The highest BCUT2D eigenvalue weighted by molar-refractivity contribution is 5.91. The molecule has 0 spiro atoms. The van der Waals surface area contributed by atoms with E-state index < -0.39 is 12.2 Å². The molecule has 0 bridgehead atoms. The first-order chi connectivity index (χ1) is 15.4. The number of hydrogen-bond donors (Lipinski definition) is 0. The fourth-order valence-corrected chi connectivity index (χ4v) is 4.11. The van der Waals surface area contributed by atoms with Gasteiger partial charge in [0.1, 0.15) is 0 Å². The van der Waals surface area contributed by atoms with Crippen molar-refractivity contribution in [3.63, 3.8) is 0 Å². The number of anilines is 1. The maximum Gasteiger partial charge on any atom is 0.414 e. The highest BCUT2D eigenvalue weighted by Gasteiger charge is 2.40. The minimum atomic E-state index is -0.477. The molecular formula is C24H30N2O6. The third-order valence-electron chi connectivity index (χ3n) is 5.60. The van der Waals surface area contributed by atoms with Gasteiger partial charge in [0.2, 0.25) is 0 Å². The molecule has 2 atom stereocenters. The number of hydrogen-bond acceptors (Lipinski definition) is 6. The van der Waals surface area contributed by atoms with E-state index in [2.05, 4.69) is 0 Å². The molecule has 2 aromatic rings. The van der Waals surface area contributed by atoms with Gasteiger partial charge < -0.3 is 18.9 Å². The number of fused-ring (bicyclic) bond motifs is 1. The molecule has 2 amide bonds. The Hall–Kier alpha value is -3.42. The maximum atomic E-state index is 13.1. The van der Waals surface area contributed by atoms with Gasteiger partial charge in [-0.3, -0.25) is 9.80 Å². The van der Waals surface area contributed by atoms with Gasteiger partial charge >= 0.3 is 12.2 Å². The summed E-state index contributed by atoms with van der Waals surface area (Å²) >= 11 is 0. The smallest absolute Gasteiger partial charge is 0.414 e. The van der Waals surface area contributed by atoms with Crippen molar-refractivity contribution in [2.24, 2.45) is 0 Å². The van der Waals surface area contributed by atoms with Crippen LogP contribution >= 0.6 is 0 Å². The van der Waals surface area contributed by atoms with Gasteiger partial charge in [-0.05, 0) is 31.9 Å². The van der Waals surface area contributed by atoms with E-state index in [1.165, 1.54) is 14.2 Å². The van der Waals surface area contributed by atoms with E-state index in [1.54, 1.807) is 29.9 Å². The molecule has 32 heavy (non-hydrogen) atoms. The first-order valence-electron chi connectivity index (χ1n) is 10.6. The predicted octanol–water partition coefficient (Wildman–Crippen LogP) is 4.77. The average molecular weight is 443 g/mol. The van der Waals surface area contributed by atoms with E-state index in [1.807, 2.05) is 43.3 Å². The van der Waals surface area contributed by atoms with E-state index in [4.69, 9.17) is 18.9 Å². The number of carbonyl (C=O) groups excluding carboxylic acids is 2. The summed E-state index contributed by atoms with van der Waals surface area (Å²) in [7, 11) is 4.44. The normalized spacial score (nSPS) is 17.2. The third-order valence-corrected chi connectivity index (χ3v) is 5.60. The molecular weight excluding hydrogens is 412 g/mol. The molecule has 0 radical (unpaired) electrons. The van der Waals surface area contributed by atoms with E-state index in [0.717, 1.165) is 11.1 Å². The van der Waals surface area contributed by atoms with Crippen molar-refractivity contribution in [2.45, 2.75) is 38.9 Å². The molecule has 0 saturated heterocycles. The Bertz CT molecular complexity index is 949. The Morgan fingerprint density at radius 2 is 1.72 bits per heavy atom. The van der Waals surface area contributed by atoms with Crippen LogP contribution in [-0.2, 0) is 16.0 Å². The molecule has 0 aliphatic carbocycles. The van der Waals surface area contributed by atoms with E-state index >= 15 is 0 Å². The number of carbonyl (C=O) groups is 2. The van der Waals surface area contributed by atoms with Crippen molar-refractivity contribution in [3.05, 3.63) is 53.6 Å². The highest BCUT2D eigenvalue weighted by atomic mass is 16.6. The molecule has 8 nitrogen and oxygen atoms in total. The first-order valence-corrected chi connectivity index (χ1v) is 10.6. The molecule has 0 unspecified atom stereocenters. The molecule has 0 aromatic heterocycles. The summed E-state index contributed by atoms with van der Waals surface area (Å²) in [6.07, 6.45) is -0.389. The van der Waals surface area contributed by atoms with Crippen molar-refractivity contribution in [2.75, 3.05) is 32.8 Å². The van der Waals surface area contributed by atoms with Crippen LogP contribution in [0.1, 0.15) is 37.4 Å². The summed E-state index contributed by atoms with van der Waals surface area (Å²) in [5, 5.41) is 0. The van der Waals surface area contributed by atoms with Crippen LogP contribution in [0.2, 0.25) is 0 Å². The fourth-order valence-electron chi connectivity index (χ4n) is 4.11. The number of methoxy groups -OCH3 is 3. The standard InChI is InChI=1S/C24H30N2O6/c1-6-32-23(27)25(15-17-10-8-7-9-11-17)19-12-16(2)26(24(28)31-5)20-14-22(30-4)21(29-3)13-18(19)20/h7-11,13-14,16,19H,6,12,15H2,1-5H3/t16-,19+/m0/s1. The lowest BCUT2D eigenvalue weighted by atomic mass is 9.90. The molecule has 0 N–H and O–H groups in total. The zero-order valence-electron chi connectivity index (χ0n) is 19.2. The number of ether oxygens (including phenoxy) is 4. The minimum absolute atomic E-state index is 0.231. The summed E-state index contributed by atoms with van der Waals surface area (Å²) in [5.41, 5.74) is 2.35. The van der Waals surface area contributed by atoms with Gasteiger partial charge in [-0.2, -0.15) is 0 Å². The van der Waals surface area contributed by atoms with Gasteiger partial charge in [0.05, 0.1) is 39.7 Å². The predicted molar refractivity (Wildman–Crippen MR) is 120 cm³/mol. The van der Waals surface area contributed by atoms with Crippen LogP contribution < -0.4 is 14.4 Å². The van der Waals surface area contributed by atoms with Crippen molar-refractivity contribution in [3.8, 4) is 11.5 Å². The van der Waals surface area contributed by atoms with E-state index in [9.17, 15) is 9.59 Å². The SMILES string of the molecule is CCOC(=O)N(Cc1ccccc1)[C@@H]1C[C@H](C)N(C(=O)OC)c2cc(OC)c(OC)cc21. The van der Waals surface area contributed by atoms with Crippen molar-refractivity contribution in [1.82, 2.24) is 4.90 Å². The highest BCUT2D eigenvalue weighted by Crippen LogP contribution is 2.46. The van der Waals surface area contributed by atoms with Gasteiger partial charge in [-0.25, -0.2) is 9.59 Å². The van der Waals surface area contributed by atoms with Crippen LogP contribution in [0.15, 0.2) is 42.5 Å². The number of rotatable bonds is 6. The van der Waals surface area contributed by atoms with E-state index in [0.29, 0.717) is 30.2 Å². The monoisotopic (exact) mass is 442 g/mol. The molecule has 1 aliphatic rings. The molecule has 0 fully saturated rings. The Labute approximate surface area is 188 Å². The summed E-state index contributed by atoms with van der Waals surface area (Å²) in [4.78, 5) is 29.0. The van der Waals surface area contributed by atoms with Gasteiger partial charge in [-0.15, -0.1) is 0 Å². The van der Waals surface area contributed by atoms with Crippen LogP contribution in [-0.4, -0.2) is 51.1 Å². The van der Waals surface area contributed by atoms with Crippen LogP contribution in [0.5, 0.6) is 11.5 Å². The van der Waals surface area contributed by atoms with Crippen molar-refractivity contribution in [1.29, 1.82) is 0 Å².